The molecule has 3 rings (SSSR count). The number of fused-ring (bicyclic) bond motifs is 1. The largest absolute Gasteiger partial charge is 0.496 e. The molecule has 0 aliphatic carbocycles. The van der Waals surface area contributed by atoms with Gasteiger partial charge in [-0.3, -0.25) is 0 Å². The Hall–Kier alpha value is -2.00. The first-order chi connectivity index (χ1) is 14.3. The van der Waals surface area contributed by atoms with Crippen molar-refractivity contribution in [1.82, 2.24) is 14.8 Å². The molecule has 0 radical (unpaired) electrons. The van der Waals surface area contributed by atoms with Gasteiger partial charge in [0.25, 0.3) is 0 Å². The normalized spacial score (nSPS) is 15.8. The number of benzene rings is 1. The molecule has 1 N–H and O–H groups in total. The summed E-state index contributed by atoms with van der Waals surface area (Å²) in [5.41, 5.74) is 1.99. The molecule has 1 atom stereocenters. The molecule has 30 heavy (non-hydrogen) atoms. The molecule has 1 aliphatic heterocycles. The summed E-state index contributed by atoms with van der Waals surface area (Å²) in [6, 6.07) is 5.20. The van der Waals surface area contributed by atoms with Crippen molar-refractivity contribution in [3.05, 3.63) is 39.5 Å². The molecule has 0 spiro atoms. The maximum absolute atomic E-state index is 13.1. The second-order valence-corrected chi connectivity index (χ2v) is 9.25. The van der Waals surface area contributed by atoms with E-state index >= 15 is 0 Å². The van der Waals surface area contributed by atoms with E-state index in [1.807, 2.05) is 39.0 Å². The Bertz CT molecular complexity index is 958. The molecule has 9 heteroatoms. The predicted molar refractivity (Wildman–Crippen MR) is 122 cm³/mol. The van der Waals surface area contributed by atoms with Crippen LogP contribution in [0.3, 0.4) is 0 Å². The molecule has 1 aromatic heterocycles. The predicted octanol–water partition coefficient (Wildman–Crippen LogP) is 5.18. The van der Waals surface area contributed by atoms with Gasteiger partial charge in [-0.1, -0.05) is 41.0 Å². The average molecular weight is 495 g/mol. The Morgan fingerprint density at radius 1 is 1.40 bits per heavy atom. The van der Waals surface area contributed by atoms with Gasteiger partial charge >= 0.3 is 5.97 Å². The van der Waals surface area contributed by atoms with E-state index in [0.717, 1.165) is 28.6 Å². The van der Waals surface area contributed by atoms with Crippen molar-refractivity contribution in [2.45, 2.75) is 57.8 Å². The zero-order chi connectivity index (χ0) is 21.8. The van der Waals surface area contributed by atoms with Crippen molar-refractivity contribution in [3.8, 4) is 5.75 Å². The first kappa shape index (κ1) is 22.7. The summed E-state index contributed by atoms with van der Waals surface area (Å²) in [6.45, 7) is 7.68. The minimum atomic E-state index is -0.520. The fourth-order valence-corrected chi connectivity index (χ4v) is 4.54. The van der Waals surface area contributed by atoms with Crippen LogP contribution >= 0.6 is 27.7 Å². The van der Waals surface area contributed by atoms with Crippen LogP contribution in [0.4, 0.5) is 5.95 Å². The molecule has 1 unspecified atom stereocenters. The van der Waals surface area contributed by atoms with Crippen LogP contribution in [0.25, 0.3) is 0 Å². The Morgan fingerprint density at radius 2 is 2.17 bits per heavy atom. The summed E-state index contributed by atoms with van der Waals surface area (Å²) < 4.78 is 13.8. The molecule has 2 heterocycles. The number of rotatable bonds is 8. The molecule has 1 aromatic carbocycles. The highest BCUT2D eigenvalue weighted by Crippen LogP contribution is 2.41. The molecular formula is C21H27BrN4O3S. The van der Waals surface area contributed by atoms with Crippen LogP contribution in [0.15, 0.2) is 39.1 Å². The van der Waals surface area contributed by atoms with E-state index in [-0.39, 0.29) is 12.1 Å². The molecule has 0 saturated heterocycles. The molecule has 0 fully saturated rings. The second-order valence-electron chi connectivity index (χ2n) is 7.27. The fourth-order valence-electron chi connectivity index (χ4n) is 3.25. The molecule has 0 amide bonds. The first-order valence-corrected chi connectivity index (χ1v) is 11.7. The number of methoxy groups -OCH3 is 1. The van der Waals surface area contributed by atoms with Crippen LogP contribution in [0.1, 0.15) is 52.1 Å². The van der Waals surface area contributed by atoms with Crippen molar-refractivity contribution in [3.63, 3.8) is 0 Å². The quantitative estimate of drug-likeness (QED) is 0.307. The zero-order valence-corrected chi connectivity index (χ0v) is 20.3. The van der Waals surface area contributed by atoms with E-state index in [4.69, 9.17) is 14.6 Å². The highest BCUT2D eigenvalue weighted by Gasteiger charge is 2.37. The molecule has 162 valence electrons. The maximum Gasteiger partial charge on any atom is 0.338 e. The average Bonchev–Trinajstić information content (AvgIpc) is 3.08. The number of unbranched alkanes of at least 4 members (excludes halogenated alkanes) is 1. The molecular weight excluding hydrogens is 468 g/mol. The monoisotopic (exact) mass is 494 g/mol. The Labute approximate surface area is 189 Å². The third-order valence-electron chi connectivity index (χ3n) is 4.61. The van der Waals surface area contributed by atoms with Crippen LogP contribution in [0, 0.1) is 0 Å². The topological polar surface area (TPSA) is 78.3 Å². The lowest BCUT2D eigenvalue weighted by molar-refractivity contribution is -0.143. The van der Waals surface area contributed by atoms with Crippen LogP contribution in [0.5, 0.6) is 5.75 Å². The van der Waals surface area contributed by atoms with Gasteiger partial charge < -0.3 is 14.8 Å². The number of allylic oxidation sites excluding steroid dienone is 1. The van der Waals surface area contributed by atoms with E-state index in [1.165, 1.54) is 0 Å². The Morgan fingerprint density at radius 3 is 2.83 bits per heavy atom. The number of hydrogen-bond acceptors (Lipinski definition) is 7. The van der Waals surface area contributed by atoms with E-state index in [0.29, 0.717) is 28.1 Å². The van der Waals surface area contributed by atoms with Gasteiger partial charge in [0, 0.05) is 21.5 Å². The lowest BCUT2D eigenvalue weighted by Gasteiger charge is -2.29. The van der Waals surface area contributed by atoms with Crippen molar-refractivity contribution in [2.75, 3.05) is 18.2 Å². The number of hydrogen-bond donors (Lipinski definition) is 1. The van der Waals surface area contributed by atoms with Crippen molar-refractivity contribution in [2.24, 2.45) is 0 Å². The summed E-state index contributed by atoms with van der Waals surface area (Å²) in [5.74, 6) is 1.82. The summed E-state index contributed by atoms with van der Waals surface area (Å²) in [7, 11) is 1.62. The number of aromatic nitrogens is 3. The van der Waals surface area contributed by atoms with Crippen LogP contribution in [-0.2, 0) is 9.53 Å². The molecule has 0 saturated carbocycles. The number of carbonyl (C=O) groups is 1. The number of thioether (sulfide) groups is 1. The number of anilines is 1. The Kier molecular flexibility index (Phi) is 7.46. The number of nitrogens with one attached hydrogen (secondary N) is 1. The highest BCUT2D eigenvalue weighted by atomic mass is 79.9. The van der Waals surface area contributed by atoms with E-state index in [9.17, 15) is 4.79 Å². The number of nitrogens with zero attached hydrogens (tertiary/aromatic N) is 3. The SMILES string of the molecule is CCCCSc1nc2n(n1)C(c1cc(Br)ccc1OC)C(C(=O)OC(C)C)=C(C)N2. The third-order valence-corrected chi connectivity index (χ3v) is 6.03. The van der Waals surface area contributed by atoms with Gasteiger partial charge in [0.15, 0.2) is 0 Å². The van der Waals surface area contributed by atoms with Gasteiger partial charge in [0.05, 0.1) is 18.8 Å². The summed E-state index contributed by atoms with van der Waals surface area (Å²) >= 11 is 5.15. The summed E-state index contributed by atoms with van der Waals surface area (Å²) in [4.78, 5) is 17.7. The van der Waals surface area contributed by atoms with Gasteiger partial charge in [-0.2, -0.15) is 4.98 Å². The van der Waals surface area contributed by atoms with Crippen LogP contribution in [0.2, 0.25) is 0 Å². The molecule has 7 nitrogen and oxygen atoms in total. The lowest BCUT2D eigenvalue weighted by Crippen LogP contribution is -2.30. The van der Waals surface area contributed by atoms with Crippen LogP contribution < -0.4 is 10.1 Å². The number of halogens is 1. The van der Waals surface area contributed by atoms with Gasteiger partial charge in [-0.25, -0.2) is 9.48 Å². The van der Waals surface area contributed by atoms with Crippen molar-refractivity contribution in [1.29, 1.82) is 0 Å². The van der Waals surface area contributed by atoms with Gasteiger partial charge in [0.1, 0.15) is 11.8 Å². The maximum atomic E-state index is 13.1. The number of esters is 1. The number of carbonyl (C=O) groups excluding carboxylic acids is 1. The molecule has 1 aliphatic rings. The molecule has 0 bridgehead atoms. The minimum Gasteiger partial charge on any atom is -0.496 e. The van der Waals surface area contributed by atoms with Crippen molar-refractivity contribution < 1.29 is 14.3 Å². The Balaban J connectivity index is 2.12. The first-order valence-electron chi connectivity index (χ1n) is 9.97. The number of ether oxygens (including phenoxy) is 2. The van der Waals surface area contributed by atoms with Gasteiger partial charge in [-0.05, 0) is 45.4 Å². The van der Waals surface area contributed by atoms with Crippen LogP contribution in [-0.4, -0.2) is 39.7 Å². The van der Waals surface area contributed by atoms with Gasteiger partial charge in [-0.15, -0.1) is 5.10 Å². The van der Waals surface area contributed by atoms with E-state index in [2.05, 4.69) is 33.2 Å². The standard InChI is InChI=1S/C21H27BrN4O3S/c1-6-7-10-30-21-24-20-23-13(4)17(19(27)29-12(2)3)18(26(20)25-21)15-11-14(22)8-9-16(15)28-5/h8-9,11-12,18H,6-7,10H2,1-5H3,(H,23,24,25). The zero-order valence-electron chi connectivity index (χ0n) is 17.9. The van der Waals surface area contributed by atoms with Crippen molar-refractivity contribution >= 4 is 39.6 Å². The lowest BCUT2D eigenvalue weighted by atomic mass is 9.95. The van der Waals surface area contributed by atoms with E-state index < -0.39 is 6.04 Å². The summed E-state index contributed by atoms with van der Waals surface area (Å²) in [5, 5.41) is 8.63. The third kappa shape index (κ3) is 4.83. The van der Waals surface area contributed by atoms with E-state index in [1.54, 1.807) is 23.6 Å². The second kappa shape index (κ2) is 9.87. The minimum absolute atomic E-state index is 0.236. The van der Waals surface area contributed by atoms with Gasteiger partial charge in [0.2, 0.25) is 11.1 Å². The highest BCUT2D eigenvalue weighted by molar-refractivity contribution is 9.10. The smallest absolute Gasteiger partial charge is 0.338 e. The fraction of sp³-hybridized carbons (Fsp3) is 0.476. The molecule has 2 aromatic rings. The summed E-state index contributed by atoms with van der Waals surface area (Å²) in [6.07, 6.45) is 1.97.